The van der Waals surface area contributed by atoms with Crippen molar-refractivity contribution >= 4 is 123 Å². The predicted octanol–water partition coefficient (Wildman–Crippen LogP) is 15.2. The molecule has 80 heavy (non-hydrogen) atoms. The normalized spacial score (nSPS) is 12.1. The summed E-state index contributed by atoms with van der Waals surface area (Å²) >= 11 is 19.6. The zero-order chi connectivity index (χ0) is 64.1. The minimum Gasteiger partial charge on any atom is -0.365 e. The number of ketones is 8. The topological polar surface area (TPSA) is 226 Å². The van der Waals surface area contributed by atoms with E-state index in [1.165, 1.54) is 50.7 Å². The number of unbranched alkanes of at least 4 members (excludes halogenated alkanes) is 3. The van der Waals surface area contributed by atoms with E-state index in [1.807, 2.05) is 60.2 Å². The van der Waals surface area contributed by atoms with Crippen molar-refractivity contribution in [3.63, 3.8) is 0 Å². The number of rotatable bonds is 34. The number of hydrogen-bond acceptors (Lipinski definition) is 17. The molecular formula is C61H127BrClN3O10S4. The zero-order valence-corrected chi connectivity index (χ0v) is 59.9. The highest BCUT2D eigenvalue weighted by atomic mass is 79.9. The van der Waals surface area contributed by atoms with Gasteiger partial charge < -0.3 is 26.3 Å². The van der Waals surface area contributed by atoms with Crippen LogP contribution in [0.1, 0.15) is 246 Å². The molecule has 2 fully saturated rings. The summed E-state index contributed by atoms with van der Waals surface area (Å²) in [6.07, 6.45) is 19.6. The lowest BCUT2D eigenvalue weighted by Crippen LogP contribution is -2.22. The highest BCUT2D eigenvalue weighted by molar-refractivity contribution is 9.09. The molecule has 0 aromatic carbocycles. The van der Waals surface area contributed by atoms with Gasteiger partial charge in [-0.1, -0.05) is 146 Å². The van der Waals surface area contributed by atoms with E-state index in [9.17, 15) is 38.4 Å². The molecule has 0 aromatic rings. The van der Waals surface area contributed by atoms with Gasteiger partial charge in [0.25, 0.3) is 0 Å². The number of thioether (sulfide) groups is 2. The second-order valence-corrected chi connectivity index (χ2v) is 21.4. The van der Waals surface area contributed by atoms with Crippen molar-refractivity contribution in [2.24, 2.45) is 11.5 Å². The zero-order valence-electron chi connectivity index (χ0n) is 54.1. The van der Waals surface area contributed by atoms with Crippen molar-refractivity contribution in [2.75, 3.05) is 85.1 Å². The van der Waals surface area contributed by atoms with Gasteiger partial charge in [0.15, 0.2) is 11.6 Å². The molecule has 2 aliphatic heterocycles. The molecular weight excluding hydrogens is 1180 g/mol. The number of halogens is 2. The van der Waals surface area contributed by atoms with Gasteiger partial charge in [0, 0.05) is 70.0 Å². The third-order valence-corrected chi connectivity index (χ3v) is 13.5. The summed E-state index contributed by atoms with van der Waals surface area (Å²) in [6, 6.07) is 0. The summed E-state index contributed by atoms with van der Waals surface area (Å²) in [7, 11) is 0. The number of alkyl halides is 2. The lowest BCUT2D eigenvalue weighted by molar-refractivity contribution is -0.120. The first-order valence-corrected chi connectivity index (χ1v) is 35.4. The molecule has 0 bridgehead atoms. The molecule has 0 saturated carbocycles. The number of carbonyl (C=O) groups excluding carboxylic acids is 8. The van der Waals surface area contributed by atoms with Gasteiger partial charge in [-0.05, 0) is 94.0 Å². The Hall–Kier alpha value is -0.670. The number of thiol groups is 2. The first-order valence-electron chi connectivity index (χ1n) is 30.2. The van der Waals surface area contributed by atoms with Gasteiger partial charge in [-0.15, -0.1) is 11.6 Å². The van der Waals surface area contributed by atoms with Gasteiger partial charge in [0.1, 0.15) is 46.9 Å². The van der Waals surface area contributed by atoms with Crippen molar-refractivity contribution in [2.45, 2.75) is 258 Å². The molecule has 13 nitrogen and oxygen atoms in total. The highest BCUT2D eigenvalue weighted by Gasteiger charge is 2.29. The molecule has 2 heterocycles. The first-order chi connectivity index (χ1) is 38.2. The van der Waals surface area contributed by atoms with E-state index in [0.717, 1.165) is 81.2 Å². The van der Waals surface area contributed by atoms with Gasteiger partial charge in [0.05, 0.1) is 36.7 Å². The van der Waals surface area contributed by atoms with E-state index in [1.54, 1.807) is 18.7 Å². The van der Waals surface area contributed by atoms with Gasteiger partial charge in [-0.2, -0.15) is 48.8 Å². The van der Waals surface area contributed by atoms with Crippen LogP contribution < -0.4 is 16.8 Å². The average Bonchev–Trinajstić information content (AvgIpc) is 4.46. The van der Waals surface area contributed by atoms with E-state index < -0.39 is 0 Å². The van der Waals surface area contributed by atoms with Crippen LogP contribution >= 0.6 is 76.3 Å². The minimum absolute atomic E-state index is 0.0231. The number of carbonyl (C=O) groups is 8. The molecule has 484 valence electrons. The maximum Gasteiger partial charge on any atom is 0.163 e. The maximum absolute atomic E-state index is 10.8. The Bertz CT molecular complexity index is 1170. The lowest BCUT2D eigenvalue weighted by Gasteiger charge is -1.97. The largest absolute Gasteiger partial charge is 0.365 e. The quantitative estimate of drug-likeness (QED) is 0.0175. The number of nitrogens with one attached hydrogen (secondary N) is 1. The van der Waals surface area contributed by atoms with Crippen molar-refractivity contribution in [1.82, 2.24) is 5.32 Å². The maximum atomic E-state index is 10.8. The second-order valence-electron chi connectivity index (χ2n) is 17.3. The molecule has 0 aliphatic carbocycles. The Balaban J connectivity index is -0.0000000846. The minimum atomic E-state index is -0.0231. The molecule has 0 radical (unpaired) electrons. The lowest BCUT2D eigenvalue weighted by atomic mass is 10.1. The van der Waals surface area contributed by atoms with E-state index in [2.05, 4.69) is 102 Å². The fraction of sp³-hybridized carbons (Fsp3) is 0.869. The first kappa shape index (κ1) is 101. The third kappa shape index (κ3) is 128. The molecule has 5 N–H and O–H groups in total. The van der Waals surface area contributed by atoms with Crippen molar-refractivity contribution in [1.29, 1.82) is 0 Å². The van der Waals surface area contributed by atoms with E-state index >= 15 is 0 Å². The molecule has 2 aliphatic rings. The number of epoxide rings is 2. The van der Waals surface area contributed by atoms with Crippen LogP contribution in [0.4, 0.5) is 0 Å². The van der Waals surface area contributed by atoms with Crippen LogP contribution in [-0.4, -0.2) is 144 Å². The van der Waals surface area contributed by atoms with Crippen molar-refractivity contribution in [3.05, 3.63) is 0 Å². The SMILES string of the molecule is CCC(=O)C1CO1.CCC(=O)C1CO1.CCC(=O)CBr.CCC(=O)CCl.CCCCCCC(=O)CC.CCCN.CCCN.CCCNCC(=O)CC.CCCS.CCCS.CCCSCC(=O)CC.CCCSCCC(=O)CC. The molecule has 19 heteroatoms. The van der Waals surface area contributed by atoms with Crippen LogP contribution in [0.15, 0.2) is 0 Å². The Morgan fingerprint density at radius 1 is 0.475 bits per heavy atom. The van der Waals surface area contributed by atoms with Crippen molar-refractivity contribution < 1.29 is 47.8 Å². The van der Waals surface area contributed by atoms with Crippen LogP contribution in [0, 0.1) is 0 Å². The molecule has 0 amide bonds. The summed E-state index contributed by atoms with van der Waals surface area (Å²) in [5.41, 5.74) is 10.1. The number of Topliss-reactive ketones (excluding diaryl/α,β-unsaturated/α-hetero) is 8. The fourth-order valence-corrected chi connectivity index (χ4v) is 5.92. The summed E-state index contributed by atoms with van der Waals surface area (Å²) < 4.78 is 9.42. The summed E-state index contributed by atoms with van der Waals surface area (Å²) in [4.78, 5) is 83.9. The summed E-state index contributed by atoms with van der Waals surface area (Å²) in [5, 5.41) is 3.54. The predicted molar refractivity (Wildman–Crippen MR) is 365 cm³/mol. The average molecular weight is 1310 g/mol. The van der Waals surface area contributed by atoms with Crippen LogP contribution in [0.2, 0.25) is 0 Å². The summed E-state index contributed by atoms with van der Waals surface area (Å²) in [6.45, 7) is 36.3. The highest BCUT2D eigenvalue weighted by Crippen LogP contribution is 2.11. The molecule has 0 spiro atoms. The Kier molecular flexibility index (Phi) is 123. The van der Waals surface area contributed by atoms with E-state index in [0.29, 0.717) is 105 Å². The second kappa shape index (κ2) is 97.4. The number of ether oxygens (including phenoxy) is 2. The fourth-order valence-electron chi connectivity index (χ4n) is 3.61. The van der Waals surface area contributed by atoms with Gasteiger partial charge in [-0.3, -0.25) is 38.4 Å². The van der Waals surface area contributed by atoms with Gasteiger partial charge >= 0.3 is 0 Å². The number of nitrogens with two attached hydrogens (primary N) is 2. The Morgan fingerprint density at radius 2 is 0.850 bits per heavy atom. The van der Waals surface area contributed by atoms with E-state index in [-0.39, 0.29) is 41.2 Å². The van der Waals surface area contributed by atoms with Gasteiger partial charge in [-0.25, -0.2) is 0 Å². The molecule has 0 aromatic heterocycles. The molecule has 2 saturated heterocycles. The molecule has 2 unspecified atom stereocenters. The number of hydrogen-bond donors (Lipinski definition) is 5. The monoisotopic (exact) mass is 1300 g/mol. The molecule has 2 atom stereocenters. The smallest absolute Gasteiger partial charge is 0.163 e. The van der Waals surface area contributed by atoms with Crippen LogP contribution in [-0.2, 0) is 47.8 Å². The van der Waals surface area contributed by atoms with Crippen molar-refractivity contribution in [3.8, 4) is 0 Å². The van der Waals surface area contributed by atoms with Gasteiger partial charge in [0.2, 0.25) is 0 Å². The Morgan fingerprint density at radius 3 is 1.09 bits per heavy atom. The van der Waals surface area contributed by atoms with Crippen LogP contribution in [0.3, 0.4) is 0 Å². The standard InChI is InChI=1S/C9H18O.C8H16OS.C7H15NO.C7H14OS.2C5H8O2.C4H7BrO.C4H7ClO.2C3H9N.2C3H8S/c1-3-5-6-7-8-9(10)4-2;1-3-6-10-7-5-8(9)4-2;1-3-5-8-6-7(9)4-2;1-3-5-9-6-7(8)4-2;2*1-2-4(6)5-3-7-5;2*1-2-4(6)3-5;4*1-2-3-4/h3-8H2,1-2H3;3-7H2,1-2H3;8H,3-6H2,1-2H3;3-6H2,1-2H3;2*5H,2-3H2,1H3;2*2-3H2,1H3;2*2-4H2,1H3;2*4H,2-3H2,1H3. The van der Waals surface area contributed by atoms with E-state index in [4.69, 9.17) is 32.5 Å². The molecule has 2 rings (SSSR count). The van der Waals surface area contributed by atoms with Crippen LogP contribution in [0.5, 0.6) is 0 Å². The van der Waals surface area contributed by atoms with Crippen LogP contribution in [0.25, 0.3) is 0 Å². The third-order valence-electron chi connectivity index (χ3n) is 9.31. The summed E-state index contributed by atoms with van der Waals surface area (Å²) in [5.74, 6) is 8.53. The Labute approximate surface area is 526 Å².